The van der Waals surface area contributed by atoms with Crippen molar-refractivity contribution in [1.29, 1.82) is 0 Å². The van der Waals surface area contributed by atoms with Gasteiger partial charge in [-0.1, -0.05) is 0 Å². The third kappa shape index (κ3) is 4.40. The summed E-state index contributed by atoms with van der Waals surface area (Å²) in [5, 5.41) is 0. The summed E-state index contributed by atoms with van der Waals surface area (Å²) in [6, 6.07) is 0. The fraction of sp³-hybridized carbons (Fsp3) is 0.929. The molecule has 2 aliphatic heterocycles. The molecule has 2 fully saturated rings. The van der Waals surface area contributed by atoms with E-state index in [1.54, 1.807) is 0 Å². The molecule has 0 unspecified atom stereocenters. The van der Waals surface area contributed by atoms with Gasteiger partial charge < -0.3 is 9.80 Å². The van der Waals surface area contributed by atoms with Crippen LogP contribution in [0.3, 0.4) is 0 Å². The van der Waals surface area contributed by atoms with Crippen molar-refractivity contribution in [1.82, 2.24) is 14.7 Å². The monoisotopic (exact) mass is 317 g/mol. The van der Waals surface area contributed by atoms with Gasteiger partial charge in [0.05, 0.1) is 11.5 Å². The van der Waals surface area contributed by atoms with Gasteiger partial charge in [-0.25, -0.2) is 8.42 Å². The first-order valence-electron chi connectivity index (χ1n) is 7.61. The van der Waals surface area contributed by atoms with Gasteiger partial charge in [0, 0.05) is 51.2 Å². The molecule has 0 saturated carbocycles. The largest absolute Gasteiger partial charge is 0.340 e. The average Bonchev–Trinajstić information content (AvgIpc) is 2.36. The Morgan fingerprint density at radius 2 is 1.71 bits per heavy atom. The quantitative estimate of drug-likeness (QED) is 0.713. The Balaban J connectivity index is 1.84. The Morgan fingerprint density at radius 3 is 2.29 bits per heavy atom. The minimum atomic E-state index is -2.93. The van der Waals surface area contributed by atoms with Crippen LogP contribution in [-0.4, -0.2) is 92.4 Å². The number of carbonyl (C=O) groups excluding carboxylic acids is 1. The molecule has 0 aromatic heterocycles. The SMILES string of the molecule is CN1CCN(C(=O)CCN2CCS(=O)(=O)CC2(C)C)CC1. The van der Waals surface area contributed by atoms with Gasteiger partial charge in [-0.05, 0) is 20.9 Å². The summed E-state index contributed by atoms with van der Waals surface area (Å²) in [5.41, 5.74) is -0.376. The third-order valence-corrected chi connectivity index (χ3v) is 6.50. The lowest BCUT2D eigenvalue weighted by Gasteiger charge is -2.42. The highest BCUT2D eigenvalue weighted by Crippen LogP contribution is 2.22. The zero-order valence-corrected chi connectivity index (χ0v) is 14.2. The van der Waals surface area contributed by atoms with E-state index < -0.39 is 9.84 Å². The molecule has 0 N–H and O–H groups in total. The Hall–Kier alpha value is -0.660. The molecule has 2 heterocycles. The van der Waals surface area contributed by atoms with Crippen molar-refractivity contribution in [3.8, 4) is 0 Å². The van der Waals surface area contributed by atoms with Gasteiger partial charge in [-0.3, -0.25) is 9.69 Å². The van der Waals surface area contributed by atoms with Crippen molar-refractivity contribution < 1.29 is 13.2 Å². The van der Waals surface area contributed by atoms with Crippen LogP contribution in [0.15, 0.2) is 0 Å². The number of nitrogens with zero attached hydrogens (tertiary/aromatic N) is 3. The van der Waals surface area contributed by atoms with Crippen molar-refractivity contribution in [2.45, 2.75) is 25.8 Å². The van der Waals surface area contributed by atoms with E-state index in [2.05, 4.69) is 16.8 Å². The molecule has 2 rings (SSSR count). The van der Waals surface area contributed by atoms with Crippen LogP contribution < -0.4 is 0 Å². The Labute approximate surface area is 128 Å². The highest BCUT2D eigenvalue weighted by atomic mass is 32.2. The summed E-state index contributed by atoms with van der Waals surface area (Å²) >= 11 is 0. The normalized spacial score (nSPS) is 26.7. The molecule has 7 heteroatoms. The minimum Gasteiger partial charge on any atom is -0.340 e. The number of amides is 1. The fourth-order valence-electron chi connectivity index (χ4n) is 3.11. The van der Waals surface area contributed by atoms with Crippen molar-refractivity contribution in [3.63, 3.8) is 0 Å². The van der Waals surface area contributed by atoms with Gasteiger partial charge in [0.25, 0.3) is 0 Å². The zero-order chi connectivity index (χ0) is 15.7. The van der Waals surface area contributed by atoms with Gasteiger partial charge >= 0.3 is 0 Å². The number of sulfone groups is 1. The third-order valence-electron chi connectivity index (χ3n) is 4.55. The number of rotatable bonds is 3. The molecule has 122 valence electrons. The molecule has 0 aromatic carbocycles. The summed E-state index contributed by atoms with van der Waals surface area (Å²) < 4.78 is 23.4. The van der Waals surface area contributed by atoms with Crippen LogP contribution in [-0.2, 0) is 14.6 Å². The van der Waals surface area contributed by atoms with Gasteiger partial charge in [-0.2, -0.15) is 0 Å². The summed E-state index contributed by atoms with van der Waals surface area (Å²) in [7, 11) is -0.863. The standard InChI is InChI=1S/C14H27N3O3S/c1-14(2)12-21(19,20)11-10-17(14)5-4-13(18)16-8-6-15(3)7-9-16/h4-12H2,1-3H3. The van der Waals surface area contributed by atoms with Gasteiger partial charge in [0.1, 0.15) is 0 Å². The highest BCUT2D eigenvalue weighted by molar-refractivity contribution is 7.91. The van der Waals surface area contributed by atoms with Gasteiger partial charge in [0.15, 0.2) is 9.84 Å². The van der Waals surface area contributed by atoms with Gasteiger partial charge in [-0.15, -0.1) is 0 Å². The lowest BCUT2D eigenvalue weighted by atomic mass is 10.0. The van der Waals surface area contributed by atoms with E-state index in [1.165, 1.54) is 0 Å². The van der Waals surface area contributed by atoms with Crippen LogP contribution >= 0.6 is 0 Å². The summed E-state index contributed by atoms with van der Waals surface area (Å²) in [6.07, 6.45) is 0.479. The lowest BCUT2D eigenvalue weighted by Crippen LogP contribution is -2.56. The number of likely N-dealkylation sites (N-methyl/N-ethyl adjacent to an activating group) is 1. The topological polar surface area (TPSA) is 60.9 Å². The Kier molecular flexibility index (Phi) is 4.95. The number of carbonyl (C=O) groups is 1. The summed E-state index contributed by atoms with van der Waals surface area (Å²) in [4.78, 5) is 18.5. The highest BCUT2D eigenvalue weighted by Gasteiger charge is 2.37. The van der Waals surface area contributed by atoms with Crippen LogP contribution in [0, 0.1) is 0 Å². The predicted octanol–water partition coefficient (Wildman–Crippen LogP) is -0.340. The second-order valence-electron chi connectivity index (χ2n) is 6.83. The molecular formula is C14H27N3O3S. The summed E-state index contributed by atoms with van der Waals surface area (Å²) in [5.74, 6) is 0.578. The molecule has 21 heavy (non-hydrogen) atoms. The van der Waals surface area contributed by atoms with E-state index in [0.29, 0.717) is 19.5 Å². The number of hydrogen-bond acceptors (Lipinski definition) is 5. The minimum absolute atomic E-state index is 0.183. The molecule has 6 nitrogen and oxygen atoms in total. The maximum atomic E-state index is 12.2. The maximum absolute atomic E-state index is 12.2. The first-order chi connectivity index (χ1) is 9.70. The fourth-order valence-corrected chi connectivity index (χ4v) is 5.01. The van der Waals surface area contributed by atoms with Crippen molar-refractivity contribution >= 4 is 15.7 Å². The average molecular weight is 317 g/mol. The zero-order valence-electron chi connectivity index (χ0n) is 13.3. The van der Waals surface area contributed by atoms with Crippen LogP contribution in [0.4, 0.5) is 0 Å². The first kappa shape index (κ1) is 16.7. The molecular weight excluding hydrogens is 290 g/mol. The van der Waals surface area contributed by atoms with Crippen molar-refractivity contribution in [2.75, 3.05) is 57.8 Å². The first-order valence-corrected chi connectivity index (χ1v) is 9.44. The Bertz CT molecular complexity index is 482. The van der Waals surface area contributed by atoms with E-state index in [4.69, 9.17) is 0 Å². The van der Waals surface area contributed by atoms with Crippen LogP contribution in [0.1, 0.15) is 20.3 Å². The second kappa shape index (κ2) is 6.22. The van der Waals surface area contributed by atoms with Crippen LogP contribution in [0.25, 0.3) is 0 Å². The smallest absolute Gasteiger partial charge is 0.223 e. The van der Waals surface area contributed by atoms with Crippen molar-refractivity contribution in [3.05, 3.63) is 0 Å². The van der Waals surface area contributed by atoms with Crippen LogP contribution in [0.2, 0.25) is 0 Å². The van der Waals surface area contributed by atoms with E-state index >= 15 is 0 Å². The second-order valence-corrected chi connectivity index (χ2v) is 9.01. The molecule has 0 aromatic rings. The Morgan fingerprint density at radius 1 is 1.10 bits per heavy atom. The molecule has 2 aliphatic rings. The maximum Gasteiger partial charge on any atom is 0.223 e. The van der Waals surface area contributed by atoms with E-state index in [9.17, 15) is 13.2 Å². The molecule has 0 radical (unpaired) electrons. The predicted molar refractivity (Wildman–Crippen MR) is 83.0 cm³/mol. The van der Waals surface area contributed by atoms with E-state index in [-0.39, 0.29) is 23.0 Å². The number of hydrogen-bond donors (Lipinski definition) is 0. The molecule has 0 atom stereocenters. The van der Waals surface area contributed by atoms with Crippen LogP contribution in [0.5, 0.6) is 0 Å². The summed E-state index contributed by atoms with van der Waals surface area (Å²) in [6.45, 7) is 8.53. The number of piperazine rings is 1. The molecule has 0 spiro atoms. The van der Waals surface area contributed by atoms with E-state index in [1.807, 2.05) is 18.7 Å². The molecule has 0 bridgehead atoms. The molecule has 2 saturated heterocycles. The van der Waals surface area contributed by atoms with Gasteiger partial charge in [0.2, 0.25) is 5.91 Å². The van der Waals surface area contributed by atoms with E-state index in [0.717, 1.165) is 26.2 Å². The molecule has 0 aliphatic carbocycles. The molecule has 1 amide bonds. The van der Waals surface area contributed by atoms with Crippen molar-refractivity contribution in [2.24, 2.45) is 0 Å². The lowest BCUT2D eigenvalue weighted by molar-refractivity contribution is -0.133.